The highest BCUT2D eigenvalue weighted by atomic mass is 15.2. The van der Waals surface area contributed by atoms with Crippen LogP contribution in [0.1, 0.15) is 0 Å². The van der Waals surface area contributed by atoms with Crippen molar-refractivity contribution < 1.29 is 0 Å². The minimum atomic E-state index is 0.586. The van der Waals surface area contributed by atoms with E-state index in [1.165, 1.54) is 16.5 Å². The average molecular weight is 551 g/mol. The summed E-state index contributed by atoms with van der Waals surface area (Å²) in [7, 11) is 0. The van der Waals surface area contributed by atoms with Crippen LogP contribution in [0.25, 0.3) is 72.8 Å². The molecule has 0 saturated heterocycles. The molecule has 4 heteroatoms. The molecule has 0 unspecified atom stereocenters. The predicted molar refractivity (Wildman–Crippen MR) is 176 cm³/mol. The van der Waals surface area contributed by atoms with Crippen molar-refractivity contribution in [1.82, 2.24) is 19.5 Å². The van der Waals surface area contributed by atoms with E-state index in [0.29, 0.717) is 17.6 Å². The van der Waals surface area contributed by atoms with Crippen molar-refractivity contribution in [3.63, 3.8) is 0 Å². The predicted octanol–water partition coefficient (Wildman–Crippen LogP) is 9.64. The number of fused-ring (bicyclic) bond motifs is 3. The molecule has 4 nitrogen and oxygen atoms in total. The second-order valence-electron chi connectivity index (χ2n) is 10.5. The van der Waals surface area contributed by atoms with Gasteiger partial charge in [-0.1, -0.05) is 146 Å². The molecule has 0 fully saturated rings. The highest BCUT2D eigenvalue weighted by molar-refractivity contribution is 6.15. The summed E-state index contributed by atoms with van der Waals surface area (Å²) in [4.78, 5) is 15.4. The molecule has 43 heavy (non-hydrogen) atoms. The SMILES string of the molecule is c1ccc(-c2nc(-c3ccccc3-c3ccccc3)nc(-n3c4ccccc4c4c(-c5ccccc5)cccc43)n2)cc1. The van der Waals surface area contributed by atoms with Gasteiger partial charge >= 0.3 is 0 Å². The Bertz CT molecular complexity index is 2220. The van der Waals surface area contributed by atoms with Crippen LogP contribution in [0.2, 0.25) is 0 Å². The zero-order valence-electron chi connectivity index (χ0n) is 23.3. The normalized spacial score (nSPS) is 11.3. The first-order valence-electron chi connectivity index (χ1n) is 14.4. The Labute approximate surface area is 249 Å². The van der Waals surface area contributed by atoms with Gasteiger partial charge in [0.1, 0.15) is 0 Å². The van der Waals surface area contributed by atoms with E-state index in [4.69, 9.17) is 15.0 Å². The zero-order valence-corrected chi connectivity index (χ0v) is 23.3. The van der Waals surface area contributed by atoms with E-state index in [-0.39, 0.29) is 0 Å². The van der Waals surface area contributed by atoms with Crippen molar-refractivity contribution in [3.8, 4) is 51.0 Å². The van der Waals surface area contributed by atoms with Crippen LogP contribution in [0.15, 0.2) is 158 Å². The van der Waals surface area contributed by atoms with E-state index in [9.17, 15) is 0 Å². The molecule has 8 aromatic rings. The number of hydrogen-bond acceptors (Lipinski definition) is 3. The zero-order chi connectivity index (χ0) is 28.6. The molecule has 6 aromatic carbocycles. The molecule has 0 aliphatic rings. The summed E-state index contributed by atoms with van der Waals surface area (Å²) >= 11 is 0. The number of para-hydroxylation sites is 1. The molecule has 0 radical (unpaired) electrons. The Kier molecular flexibility index (Phi) is 6.08. The van der Waals surface area contributed by atoms with Crippen molar-refractivity contribution in [2.75, 3.05) is 0 Å². The van der Waals surface area contributed by atoms with Crippen LogP contribution in [-0.2, 0) is 0 Å². The van der Waals surface area contributed by atoms with Crippen molar-refractivity contribution >= 4 is 21.8 Å². The molecule has 0 atom stereocenters. The molecule has 0 aliphatic heterocycles. The van der Waals surface area contributed by atoms with Crippen LogP contribution in [-0.4, -0.2) is 19.5 Å². The number of aromatic nitrogens is 4. The summed E-state index contributed by atoms with van der Waals surface area (Å²) in [5.41, 5.74) is 8.55. The summed E-state index contributed by atoms with van der Waals surface area (Å²) in [5, 5.41) is 2.34. The van der Waals surface area contributed by atoms with Crippen molar-refractivity contribution in [1.29, 1.82) is 0 Å². The maximum absolute atomic E-state index is 5.20. The minimum Gasteiger partial charge on any atom is -0.278 e. The lowest BCUT2D eigenvalue weighted by Crippen LogP contribution is -2.06. The lowest BCUT2D eigenvalue weighted by atomic mass is 9.99. The van der Waals surface area contributed by atoms with Crippen LogP contribution >= 0.6 is 0 Å². The maximum Gasteiger partial charge on any atom is 0.238 e. The van der Waals surface area contributed by atoms with Gasteiger partial charge in [0.05, 0.1) is 11.0 Å². The minimum absolute atomic E-state index is 0.586. The monoisotopic (exact) mass is 550 g/mol. The van der Waals surface area contributed by atoms with Crippen molar-refractivity contribution in [2.24, 2.45) is 0 Å². The number of rotatable bonds is 5. The third-order valence-electron chi connectivity index (χ3n) is 7.89. The molecule has 0 amide bonds. The fraction of sp³-hybridized carbons (Fsp3) is 0. The van der Waals surface area contributed by atoms with Gasteiger partial charge in [-0.05, 0) is 34.4 Å². The molecule has 0 saturated carbocycles. The Morgan fingerprint density at radius 1 is 0.349 bits per heavy atom. The summed E-state index contributed by atoms with van der Waals surface area (Å²) in [5.74, 6) is 1.85. The second-order valence-corrected chi connectivity index (χ2v) is 10.5. The smallest absolute Gasteiger partial charge is 0.238 e. The molecule has 0 bridgehead atoms. The highest BCUT2D eigenvalue weighted by Gasteiger charge is 2.20. The molecule has 202 valence electrons. The van der Waals surface area contributed by atoms with E-state index in [0.717, 1.165) is 38.7 Å². The lowest BCUT2D eigenvalue weighted by molar-refractivity contribution is 0.953. The Morgan fingerprint density at radius 2 is 0.860 bits per heavy atom. The van der Waals surface area contributed by atoms with E-state index in [2.05, 4.69) is 120 Å². The second kappa shape index (κ2) is 10.5. The number of hydrogen-bond donors (Lipinski definition) is 0. The Morgan fingerprint density at radius 3 is 1.58 bits per heavy atom. The van der Waals surface area contributed by atoms with Gasteiger partial charge in [0.25, 0.3) is 0 Å². The van der Waals surface area contributed by atoms with Gasteiger partial charge in [-0.15, -0.1) is 0 Å². The fourth-order valence-corrected chi connectivity index (χ4v) is 5.94. The Balaban J connectivity index is 1.44. The van der Waals surface area contributed by atoms with Crippen molar-refractivity contribution in [2.45, 2.75) is 0 Å². The topological polar surface area (TPSA) is 43.6 Å². The summed E-state index contributed by atoms with van der Waals surface area (Å²) in [6, 6.07) is 54.4. The van der Waals surface area contributed by atoms with Crippen LogP contribution < -0.4 is 0 Å². The average Bonchev–Trinajstić information content (AvgIpc) is 3.44. The van der Waals surface area contributed by atoms with E-state index in [1.807, 2.05) is 42.5 Å². The van der Waals surface area contributed by atoms with E-state index >= 15 is 0 Å². The molecular weight excluding hydrogens is 524 g/mol. The standard InChI is InChI=1S/C39H26N4/c1-4-15-27(16-5-1)30-21-10-11-22-32(30)38-40-37(29-19-8-3-9-20-29)41-39(42-38)43-34-25-13-12-23-33(34)36-31(24-14-26-35(36)43)28-17-6-2-7-18-28/h1-26H. The number of nitrogens with zero attached hydrogens (tertiary/aromatic N) is 4. The molecule has 0 aliphatic carbocycles. The third-order valence-corrected chi connectivity index (χ3v) is 7.89. The molecule has 8 rings (SSSR count). The van der Waals surface area contributed by atoms with Gasteiger partial charge in [-0.2, -0.15) is 9.97 Å². The molecular formula is C39H26N4. The molecule has 2 aromatic heterocycles. The fourth-order valence-electron chi connectivity index (χ4n) is 5.94. The molecule has 0 spiro atoms. The highest BCUT2D eigenvalue weighted by Crippen LogP contribution is 2.38. The first-order valence-corrected chi connectivity index (χ1v) is 14.4. The third kappa shape index (κ3) is 4.37. The molecule has 0 N–H and O–H groups in total. The summed E-state index contributed by atoms with van der Waals surface area (Å²) in [6.45, 7) is 0. The lowest BCUT2D eigenvalue weighted by Gasteiger charge is -2.13. The largest absolute Gasteiger partial charge is 0.278 e. The first kappa shape index (κ1) is 24.9. The van der Waals surface area contributed by atoms with Gasteiger partial charge in [-0.25, -0.2) is 4.98 Å². The van der Waals surface area contributed by atoms with Crippen LogP contribution in [0.4, 0.5) is 0 Å². The van der Waals surface area contributed by atoms with Crippen LogP contribution in [0.5, 0.6) is 0 Å². The number of benzene rings is 6. The first-order chi connectivity index (χ1) is 21.3. The van der Waals surface area contributed by atoms with Gasteiger partial charge < -0.3 is 0 Å². The van der Waals surface area contributed by atoms with E-state index in [1.54, 1.807) is 0 Å². The van der Waals surface area contributed by atoms with E-state index < -0.39 is 0 Å². The van der Waals surface area contributed by atoms with Crippen LogP contribution in [0, 0.1) is 0 Å². The van der Waals surface area contributed by atoms with Gasteiger partial charge in [0.2, 0.25) is 5.95 Å². The van der Waals surface area contributed by atoms with Crippen molar-refractivity contribution in [3.05, 3.63) is 158 Å². The van der Waals surface area contributed by atoms with Crippen LogP contribution in [0.3, 0.4) is 0 Å². The quantitative estimate of drug-likeness (QED) is 0.214. The van der Waals surface area contributed by atoms with Gasteiger partial charge in [0.15, 0.2) is 11.6 Å². The Hall–Kier alpha value is -5.87. The molecule has 2 heterocycles. The van der Waals surface area contributed by atoms with Gasteiger partial charge in [-0.3, -0.25) is 4.57 Å². The van der Waals surface area contributed by atoms with Gasteiger partial charge in [0, 0.05) is 21.9 Å². The summed E-state index contributed by atoms with van der Waals surface area (Å²) in [6.07, 6.45) is 0. The maximum atomic E-state index is 5.20. The summed E-state index contributed by atoms with van der Waals surface area (Å²) < 4.78 is 2.18.